The highest BCUT2D eigenvalue weighted by molar-refractivity contribution is 4.83. The van der Waals surface area contributed by atoms with Crippen LogP contribution in [0.4, 0.5) is 4.39 Å². The van der Waals surface area contributed by atoms with E-state index in [4.69, 9.17) is 0 Å². The lowest BCUT2D eigenvalue weighted by atomic mass is 9.98. The van der Waals surface area contributed by atoms with Crippen LogP contribution in [-0.2, 0) is 0 Å². The van der Waals surface area contributed by atoms with Crippen molar-refractivity contribution in [1.29, 1.82) is 0 Å². The van der Waals surface area contributed by atoms with Gasteiger partial charge in [0.05, 0.1) is 0 Å². The molecular weight excluding hydrogens is 155 g/mol. The third kappa shape index (κ3) is 2.72. The standard InChI is InChI=1S/C9H19FN2/c1-8(2)12-6-9(7-12)5-11-4-3-10/h8-9,11H,3-7H2,1-2H3. The summed E-state index contributed by atoms with van der Waals surface area (Å²) in [6.45, 7) is 8.02. The molecule has 1 aliphatic rings. The van der Waals surface area contributed by atoms with Gasteiger partial charge in [-0.05, 0) is 19.8 Å². The average molecular weight is 174 g/mol. The van der Waals surface area contributed by atoms with Crippen molar-refractivity contribution in [2.75, 3.05) is 32.9 Å². The molecule has 1 saturated heterocycles. The van der Waals surface area contributed by atoms with Crippen LogP contribution >= 0.6 is 0 Å². The average Bonchev–Trinajstić information content (AvgIpc) is 1.93. The molecule has 3 heteroatoms. The molecule has 0 aromatic rings. The fourth-order valence-corrected chi connectivity index (χ4v) is 1.53. The van der Waals surface area contributed by atoms with Crippen molar-refractivity contribution in [1.82, 2.24) is 10.2 Å². The first kappa shape index (κ1) is 9.93. The van der Waals surface area contributed by atoms with Gasteiger partial charge in [-0.1, -0.05) is 0 Å². The fraction of sp³-hybridized carbons (Fsp3) is 1.00. The lowest BCUT2D eigenvalue weighted by molar-refractivity contribution is 0.0676. The highest BCUT2D eigenvalue weighted by atomic mass is 19.1. The molecule has 0 amide bonds. The SMILES string of the molecule is CC(C)N1CC(CNCCF)C1. The van der Waals surface area contributed by atoms with Gasteiger partial charge in [0.25, 0.3) is 0 Å². The monoisotopic (exact) mass is 174 g/mol. The zero-order valence-electron chi connectivity index (χ0n) is 8.02. The van der Waals surface area contributed by atoms with Gasteiger partial charge >= 0.3 is 0 Å². The van der Waals surface area contributed by atoms with Gasteiger partial charge in [-0.25, -0.2) is 4.39 Å². The Hall–Kier alpha value is -0.150. The van der Waals surface area contributed by atoms with Crippen molar-refractivity contribution >= 4 is 0 Å². The van der Waals surface area contributed by atoms with Crippen LogP contribution in [0.25, 0.3) is 0 Å². The second-order valence-corrected chi connectivity index (χ2v) is 3.81. The van der Waals surface area contributed by atoms with E-state index in [2.05, 4.69) is 24.1 Å². The van der Waals surface area contributed by atoms with Crippen LogP contribution in [-0.4, -0.2) is 43.8 Å². The Balaban J connectivity index is 1.95. The molecule has 1 heterocycles. The lowest BCUT2D eigenvalue weighted by Gasteiger charge is -2.42. The lowest BCUT2D eigenvalue weighted by Crippen LogP contribution is -2.53. The largest absolute Gasteiger partial charge is 0.314 e. The molecule has 0 aliphatic carbocycles. The molecule has 0 aromatic heterocycles. The maximum Gasteiger partial charge on any atom is 0.102 e. The molecule has 0 radical (unpaired) electrons. The van der Waals surface area contributed by atoms with E-state index in [1.807, 2.05) is 0 Å². The van der Waals surface area contributed by atoms with Crippen molar-refractivity contribution < 1.29 is 4.39 Å². The quantitative estimate of drug-likeness (QED) is 0.623. The van der Waals surface area contributed by atoms with E-state index in [1.54, 1.807) is 0 Å². The third-order valence-electron chi connectivity index (χ3n) is 2.42. The predicted molar refractivity (Wildman–Crippen MR) is 49.0 cm³/mol. The first-order valence-electron chi connectivity index (χ1n) is 4.74. The van der Waals surface area contributed by atoms with Crippen molar-refractivity contribution in [2.45, 2.75) is 19.9 Å². The molecular formula is C9H19FN2. The van der Waals surface area contributed by atoms with Crippen LogP contribution in [0.2, 0.25) is 0 Å². The molecule has 0 bridgehead atoms. The molecule has 2 nitrogen and oxygen atoms in total. The van der Waals surface area contributed by atoms with E-state index in [0.29, 0.717) is 12.6 Å². The molecule has 1 N–H and O–H groups in total. The predicted octanol–water partition coefficient (Wildman–Crippen LogP) is 0.886. The van der Waals surface area contributed by atoms with Crippen molar-refractivity contribution in [3.8, 4) is 0 Å². The molecule has 1 fully saturated rings. The molecule has 1 aliphatic heterocycles. The van der Waals surface area contributed by atoms with Gasteiger partial charge in [0, 0.05) is 32.2 Å². The van der Waals surface area contributed by atoms with E-state index < -0.39 is 0 Å². The number of alkyl halides is 1. The summed E-state index contributed by atoms with van der Waals surface area (Å²) < 4.78 is 11.7. The minimum absolute atomic E-state index is 0.249. The number of nitrogens with one attached hydrogen (secondary N) is 1. The van der Waals surface area contributed by atoms with E-state index in [9.17, 15) is 4.39 Å². The Morgan fingerprint density at radius 2 is 2.17 bits per heavy atom. The zero-order valence-corrected chi connectivity index (χ0v) is 8.02. The van der Waals surface area contributed by atoms with Crippen LogP contribution in [0, 0.1) is 5.92 Å². The Morgan fingerprint density at radius 1 is 1.50 bits per heavy atom. The summed E-state index contributed by atoms with van der Waals surface area (Å²) in [6, 6.07) is 0.669. The second-order valence-electron chi connectivity index (χ2n) is 3.81. The zero-order chi connectivity index (χ0) is 8.97. The topological polar surface area (TPSA) is 15.3 Å². The normalized spacial score (nSPS) is 20.0. The van der Waals surface area contributed by atoms with E-state index in [1.165, 1.54) is 13.1 Å². The number of hydrogen-bond donors (Lipinski definition) is 1. The molecule has 0 saturated carbocycles. The fourth-order valence-electron chi connectivity index (χ4n) is 1.53. The third-order valence-corrected chi connectivity index (χ3v) is 2.42. The van der Waals surface area contributed by atoms with E-state index >= 15 is 0 Å². The van der Waals surface area contributed by atoms with Gasteiger partial charge in [0.1, 0.15) is 6.67 Å². The summed E-state index contributed by atoms with van der Waals surface area (Å²) >= 11 is 0. The van der Waals surface area contributed by atoms with Gasteiger partial charge < -0.3 is 10.2 Å². The van der Waals surface area contributed by atoms with Gasteiger partial charge in [0.2, 0.25) is 0 Å². The summed E-state index contributed by atoms with van der Waals surface area (Å²) in [5.41, 5.74) is 0. The summed E-state index contributed by atoms with van der Waals surface area (Å²) in [6.07, 6.45) is 0. The van der Waals surface area contributed by atoms with Crippen LogP contribution in [0.15, 0.2) is 0 Å². The number of hydrogen-bond acceptors (Lipinski definition) is 2. The van der Waals surface area contributed by atoms with Crippen molar-refractivity contribution in [3.63, 3.8) is 0 Å². The molecule has 72 valence electrons. The molecule has 0 atom stereocenters. The highest BCUT2D eigenvalue weighted by Crippen LogP contribution is 2.16. The van der Waals surface area contributed by atoms with Crippen molar-refractivity contribution in [3.05, 3.63) is 0 Å². The highest BCUT2D eigenvalue weighted by Gasteiger charge is 2.27. The summed E-state index contributed by atoms with van der Waals surface area (Å²) in [7, 11) is 0. The van der Waals surface area contributed by atoms with Gasteiger partial charge in [-0.15, -0.1) is 0 Å². The minimum Gasteiger partial charge on any atom is -0.314 e. The first-order valence-corrected chi connectivity index (χ1v) is 4.74. The summed E-state index contributed by atoms with van der Waals surface area (Å²) in [4.78, 5) is 2.43. The number of halogens is 1. The molecule has 1 rings (SSSR count). The Bertz CT molecular complexity index is 122. The summed E-state index contributed by atoms with van der Waals surface area (Å²) in [5, 5.41) is 3.09. The molecule has 0 spiro atoms. The van der Waals surface area contributed by atoms with E-state index in [0.717, 1.165) is 12.5 Å². The number of rotatable bonds is 5. The molecule has 0 aromatic carbocycles. The van der Waals surface area contributed by atoms with Gasteiger partial charge in [-0.2, -0.15) is 0 Å². The van der Waals surface area contributed by atoms with Crippen molar-refractivity contribution in [2.24, 2.45) is 5.92 Å². The first-order chi connectivity index (χ1) is 5.74. The van der Waals surface area contributed by atoms with E-state index in [-0.39, 0.29) is 6.67 Å². The van der Waals surface area contributed by atoms with Crippen LogP contribution < -0.4 is 5.32 Å². The van der Waals surface area contributed by atoms with Crippen LogP contribution in [0.1, 0.15) is 13.8 Å². The second kappa shape index (κ2) is 4.77. The smallest absolute Gasteiger partial charge is 0.102 e. The van der Waals surface area contributed by atoms with Crippen LogP contribution in [0.5, 0.6) is 0 Å². The maximum absolute atomic E-state index is 11.7. The van der Waals surface area contributed by atoms with Gasteiger partial charge in [-0.3, -0.25) is 0 Å². The van der Waals surface area contributed by atoms with Gasteiger partial charge in [0.15, 0.2) is 0 Å². The number of nitrogens with zero attached hydrogens (tertiary/aromatic N) is 1. The number of likely N-dealkylation sites (tertiary alicyclic amines) is 1. The summed E-state index contributed by atoms with van der Waals surface area (Å²) in [5.74, 6) is 0.749. The minimum atomic E-state index is -0.249. The maximum atomic E-state index is 11.7. The Kier molecular flexibility index (Phi) is 3.95. The van der Waals surface area contributed by atoms with Crippen LogP contribution in [0.3, 0.4) is 0 Å². The molecule has 12 heavy (non-hydrogen) atoms. The molecule has 0 unspecified atom stereocenters. The Morgan fingerprint density at radius 3 is 2.67 bits per heavy atom. The Labute approximate surface area is 74.1 Å².